The number of pyridine rings is 1. The Morgan fingerprint density at radius 3 is 2.56 bits per heavy atom. The van der Waals surface area contributed by atoms with Crippen LogP contribution in [-0.4, -0.2) is 34.9 Å². The van der Waals surface area contributed by atoms with Crippen LogP contribution in [0.3, 0.4) is 0 Å². The molecule has 2 aliphatic rings. The lowest BCUT2D eigenvalue weighted by Crippen LogP contribution is -2.50. The molecule has 1 heterocycles. The van der Waals surface area contributed by atoms with Crippen molar-refractivity contribution >= 4 is 18.3 Å². The fourth-order valence-corrected chi connectivity index (χ4v) is 4.65. The van der Waals surface area contributed by atoms with Crippen LogP contribution in [0.5, 0.6) is 0 Å². The molecule has 0 radical (unpaired) electrons. The number of nitrogens with zero attached hydrogens (tertiary/aromatic N) is 2. The molecule has 1 aromatic heterocycles. The molecule has 140 valence electrons. The summed E-state index contributed by atoms with van der Waals surface area (Å²) in [4.78, 5) is 19.6. The van der Waals surface area contributed by atoms with Crippen molar-refractivity contribution in [3.63, 3.8) is 0 Å². The van der Waals surface area contributed by atoms with Gasteiger partial charge < -0.3 is 10.6 Å². The Labute approximate surface area is 158 Å². The summed E-state index contributed by atoms with van der Waals surface area (Å²) in [6.45, 7) is 3.78. The topological polar surface area (TPSA) is 59.2 Å². The van der Waals surface area contributed by atoms with E-state index in [0.29, 0.717) is 23.8 Å². The lowest BCUT2D eigenvalue weighted by molar-refractivity contribution is -0.138. The minimum atomic E-state index is 0. The molecule has 1 amide bonds. The van der Waals surface area contributed by atoms with Gasteiger partial charge in [-0.15, -0.1) is 12.4 Å². The molecular weight excluding hydrogens is 334 g/mol. The average Bonchev–Trinajstić information content (AvgIpc) is 2.59. The van der Waals surface area contributed by atoms with Crippen LogP contribution in [0.15, 0.2) is 24.4 Å². The molecule has 2 N–H and O–H groups in total. The molecule has 2 atom stereocenters. The molecule has 2 unspecified atom stereocenters. The minimum Gasteiger partial charge on any atom is -0.342 e. The second-order valence-corrected chi connectivity index (χ2v) is 7.59. The Balaban J connectivity index is 0.00000225. The van der Waals surface area contributed by atoms with Crippen LogP contribution in [0.1, 0.15) is 51.1 Å². The summed E-state index contributed by atoms with van der Waals surface area (Å²) in [7, 11) is 0. The first-order chi connectivity index (χ1) is 11.7. The van der Waals surface area contributed by atoms with Gasteiger partial charge in [0.15, 0.2) is 0 Å². The van der Waals surface area contributed by atoms with Crippen molar-refractivity contribution in [2.24, 2.45) is 23.5 Å². The maximum atomic E-state index is 13.1. The van der Waals surface area contributed by atoms with Gasteiger partial charge in [0, 0.05) is 43.4 Å². The zero-order valence-electron chi connectivity index (χ0n) is 15.3. The van der Waals surface area contributed by atoms with Crippen molar-refractivity contribution in [1.29, 1.82) is 0 Å². The van der Waals surface area contributed by atoms with Gasteiger partial charge in [-0.3, -0.25) is 9.78 Å². The summed E-state index contributed by atoms with van der Waals surface area (Å²) in [5.41, 5.74) is 7.45. The number of rotatable bonds is 6. The van der Waals surface area contributed by atoms with Gasteiger partial charge in [-0.2, -0.15) is 0 Å². The van der Waals surface area contributed by atoms with E-state index in [9.17, 15) is 4.79 Å². The smallest absolute Gasteiger partial charge is 0.225 e. The lowest BCUT2D eigenvalue weighted by Gasteiger charge is -2.44. The molecule has 0 spiro atoms. The van der Waals surface area contributed by atoms with Crippen molar-refractivity contribution in [2.45, 2.75) is 57.9 Å². The van der Waals surface area contributed by atoms with Crippen LogP contribution in [0.2, 0.25) is 0 Å². The van der Waals surface area contributed by atoms with Crippen molar-refractivity contribution in [2.75, 3.05) is 13.1 Å². The van der Waals surface area contributed by atoms with Crippen LogP contribution in [0.25, 0.3) is 0 Å². The Morgan fingerprint density at radius 2 is 1.96 bits per heavy atom. The van der Waals surface area contributed by atoms with Crippen molar-refractivity contribution < 1.29 is 4.79 Å². The van der Waals surface area contributed by atoms with E-state index in [1.165, 1.54) is 19.3 Å². The Hall–Kier alpha value is -1.13. The molecule has 0 aliphatic heterocycles. The lowest BCUT2D eigenvalue weighted by atomic mass is 9.65. The van der Waals surface area contributed by atoms with E-state index >= 15 is 0 Å². The van der Waals surface area contributed by atoms with Crippen LogP contribution in [0.4, 0.5) is 0 Å². The maximum absolute atomic E-state index is 13.1. The Morgan fingerprint density at radius 1 is 1.24 bits per heavy atom. The number of aromatic nitrogens is 1. The van der Waals surface area contributed by atoms with Gasteiger partial charge >= 0.3 is 0 Å². The molecule has 2 fully saturated rings. The summed E-state index contributed by atoms with van der Waals surface area (Å²) in [6.07, 6.45) is 9.39. The Kier molecular flexibility index (Phi) is 7.70. The third kappa shape index (κ3) is 4.95. The molecule has 3 rings (SSSR count). The summed E-state index contributed by atoms with van der Waals surface area (Å²) in [6, 6.07) is 6.31. The molecule has 25 heavy (non-hydrogen) atoms. The number of hydrogen-bond acceptors (Lipinski definition) is 3. The molecule has 5 heteroatoms. The van der Waals surface area contributed by atoms with Gasteiger partial charge in [0.25, 0.3) is 0 Å². The zero-order chi connectivity index (χ0) is 16.9. The van der Waals surface area contributed by atoms with Gasteiger partial charge in [-0.25, -0.2) is 0 Å². The highest BCUT2D eigenvalue weighted by Crippen LogP contribution is 2.42. The van der Waals surface area contributed by atoms with E-state index in [2.05, 4.69) is 16.8 Å². The van der Waals surface area contributed by atoms with Crippen molar-refractivity contribution in [1.82, 2.24) is 9.88 Å². The highest BCUT2D eigenvalue weighted by atomic mass is 35.5. The van der Waals surface area contributed by atoms with E-state index in [0.717, 1.165) is 44.5 Å². The highest BCUT2D eigenvalue weighted by Gasteiger charge is 2.41. The predicted octanol–water partition coefficient (Wildman–Crippen LogP) is 3.44. The molecule has 4 nitrogen and oxygen atoms in total. The quantitative estimate of drug-likeness (QED) is 0.840. The molecule has 2 aliphatic carbocycles. The van der Waals surface area contributed by atoms with Gasteiger partial charge in [0.1, 0.15) is 0 Å². The second kappa shape index (κ2) is 9.54. The average molecular weight is 366 g/mol. The van der Waals surface area contributed by atoms with Crippen LogP contribution in [-0.2, 0) is 11.2 Å². The van der Waals surface area contributed by atoms with Gasteiger partial charge in [-0.05, 0) is 56.1 Å². The highest BCUT2D eigenvalue weighted by molar-refractivity contribution is 5.85. The van der Waals surface area contributed by atoms with Gasteiger partial charge in [-0.1, -0.05) is 19.4 Å². The van der Waals surface area contributed by atoms with Crippen molar-refractivity contribution in [3.8, 4) is 0 Å². The second-order valence-electron chi connectivity index (χ2n) is 7.59. The van der Waals surface area contributed by atoms with Crippen LogP contribution >= 0.6 is 12.4 Å². The molecular formula is C20H32ClN3O. The number of carbonyl (C=O) groups is 1. The molecule has 0 saturated heterocycles. The monoisotopic (exact) mass is 365 g/mol. The first-order valence-corrected chi connectivity index (χ1v) is 9.63. The number of hydrogen-bond donors (Lipinski definition) is 1. The number of nitrogens with two attached hydrogens (primary N) is 1. The molecule has 2 saturated carbocycles. The van der Waals surface area contributed by atoms with E-state index < -0.39 is 0 Å². The van der Waals surface area contributed by atoms with E-state index in [-0.39, 0.29) is 18.3 Å². The fraction of sp³-hybridized carbons (Fsp3) is 0.700. The third-order valence-corrected chi connectivity index (χ3v) is 5.93. The number of carbonyl (C=O) groups excluding carboxylic acids is 1. The SMILES string of the molecule is CCCN(CCc1ccccn1)C(=O)C1CC2CCCC(C1)C2N.Cl. The minimum absolute atomic E-state index is 0. The summed E-state index contributed by atoms with van der Waals surface area (Å²) in [5.74, 6) is 1.67. The molecule has 0 aromatic carbocycles. The van der Waals surface area contributed by atoms with E-state index in [4.69, 9.17) is 5.73 Å². The normalized spacial score (nSPS) is 28.1. The van der Waals surface area contributed by atoms with Gasteiger partial charge in [0.05, 0.1) is 0 Å². The predicted molar refractivity (Wildman–Crippen MR) is 104 cm³/mol. The molecule has 1 aromatic rings. The number of fused-ring (bicyclic) bond motifs is 2. The molecule has 2 bridgehead atoms. The van der Waals surface area contributed by atoms with Crippen LogP contribution < -0.4 is 5.73 Å². The standard InChI is InChI=1S/C20H31N3O.ClH/c1-2-11-23(12-9-18-8-3-4-10-22-18)20(24)17-13-15-6-5-7-16(14-17)19(15)21;/h3-4,8,10,15-17,19H,2,5-7,9,11-14,21H2,1H3;1H. The summed E-state index contributed by atoms with van der Waals surface area (Å²) in [5, 5.41) is 0. The van der Waals surface area contributed by atoms with Crippen LogP contribution in [0, 0.1) is 17.8 Å². The first kappa shape index (κ1) is 20.2. The first-order valence-electron chi connectivity index (χ1n) is 9.63. The Bertz CT molecular complexity index is 525. The summed E-state index contributed by atoms with van der Waals surface area (Å²) >= 11 is 0. The number of halogens is 1. The zero-order valence-corrected chi connectivity index (χ0v) is 16.1. The number of amides is 1. The van der Waals surface area contributed by atoms with Crippen molar-refractivity contribution in [3.05, 3.63) is 30.1 Å². The van der Waals surface area contributed by atoms with Gasteiger partial charge in [0.2, 0.25) is 5.91 Å². The van der Waals surface area contributed by atoms with E-state index in [1.54, 1.807) is 0 Å². The van der Waals surface area contributed by atoms with E-state index in [1.807, 2.05) is 24.4 Å². The summed E-state index contributed by atoms with van der Waals surface area (Å²) < 4.78 is 0. The fourth-order valence-electron chi connectivity index (χ4n) is 4.65. The third-order valence-electron chi connectivity index (χ3n) is 5.93. The largest absolute Gasteiger partial charge is 0.342 e. The maximum Gasteiger partial charge on any atom is 0.225 e.